The Morgan fingerprint density at radius 3 is 2.88 bits per heavy atom. The van der Waals surface area contributed by atoms with Crippen molar-refractivity contribution < 1.29 is 18.8 Å². The molecule has 1 aliphatic heterocycles. The summed E-state index contributed by atoms with van der Waals surface area (Å²) in [6.45, 7) is 0.189. The fourth-order valence-electron chi connectivity index (χ4n) is 3.03. The van der Waals surface area contributed by atoms with Crippen molar-refractivity contribution in [3.8, 4) is 22.9 Å². The molecule has 32 heavy (non-hydrogen) atoms. The molecule has 5 rings (SSSR count). The van der Waals surface area contributed by atoms with Gasteiger partial charge in [-0.15, -0.1) is 5.10 Å². The van der Waals surface area contributed by atoms with Gasteiger partial charge in [0.05, 0.1) is 5.75 Å². The highest BCUT2D eigenvalue weighted by Crippen LogP contribution is 2.34. The van der Waals surface area contributed by atoms with Crippen LogP contribution in [0.4, 0.5) is 5.69 Å². The van der Waals surface area contributed by atoms with Gasteiger partial charge in [0, 0.05) is 30.2 Å². The van der Waals surface area contributed by atoms with Crippen molar-refractivity contribution in [2.75, 3.05) is 12.1 Å². The van der Waals surface area contributed by atoms with Crippen LogP contribution in [0.15, 0.2) is 58.2 Å². The van der Waals surface area contributed by atoms with Crippen LogP contribution < -0.4 is 14.8 Å². The first kappa shape index (κ1) is 20.1. The number of hydrogen-bond acceptors (Lipinski definition) is 9. The average Bonchev–Trinajstić information content (AvgIpc) is 3.57. The highest BCUT2D eigenvalue weighted by Gasteiger charge is 2.15. The molecule has 2 aromatic carbocycles. The fourth-order valence-corrected chi connectivity index (χ4v) is 3.68. The van der Waals surface area contributed by atoms with E-state index in [4.69, 9.17) is 14.0 Å². The van der Waals surface area contributed by atoms with E-state index >= 15 is 0 Å². The van der Waals surface area contributed by atoms with Gasteiger partial charge in [-0.2, -0.15) is 4.98 Å². The molecule has 4 aromatic rings. The molecule has 2 N–H and O–H groups in total. The molecule has 1 amide bonds. The molecule has 0 saturated carbocycles. The quantitative estimate of drug-likeness (QED) is 0.388. The minimum atomic E-state index is -0.160. The van der Waals surface area contributed by atoms with E-state index < -0.39 is 0 Å². The Morgan fingerprint density at radius 2 is 1.97 bits per heavy atom. The van der Waals surface area contributed by atoms with Gasteiger partial charge in [-0.25, -0.2) is 4.98 Å². The number of thioether (sulfide) groups is 1. The second-order valence-corrected chi connectivity index (χ2v) is 7.78. The number of aromatic nitrogens is 5. The molecule has 10 nitrogen and oxygen atoms in total. The first-order valence-electron chi connectivity index (χ1n) is 9.84. The van der Waals surface area contributed by atoms with E-state index in [2.05, 4.69) is 30.6 Å². The SMILES string of the molecule is O=C(CCc1nc(CSc2n[nH]c(-c3ccccc3)n2)no1)Nc1ccc2c(c1)OCO2. The number of ether oxygens (including phenoxy) is 2. The number of fused-ring (bicyclic) bond motifs is 1. The molecule has 0 bridgehead atoms. The molecule has 0 fully saturated rings. The molecule has 3 heterocycles. The number of aryl methyl sites for hydroxylation is 1. The van der Waals surface area contributed by atoms with Crippen LogP contribution in [0.5, 0.6) is 11.5 Å². The summed E-state index contributed by atoms with van der Waals surface area (Å²) in [6.07, 6.45) is 0.553. The van der Waals surface area contributed by atoms with Crippen molar-refractivity contribution in [2.45, 2.75) is 23.8 Å². The molecule has 2 aromatic heterocycles. The highest BCUT2D eigenvalue weighted by molar-refractivity contribution is 7.98. The third-order valence-corrected chi connectivity index (χ3v) is 5.42. The Morgan fingerprint density at radius 1 is 1.09 bits per heavy atom. The van der Waals surface area contributed by atoms with Crippen LogP contribution >= 0.6 is 11.8 Å². The maximum atomic E-state index is 12.2. The summed E-state index contributed by atoms with van der Waals surface area (Å²) in [5.41, 5.74) is 1.61. The van der Waals surface area contributed by atoms with Crippen LogP contribution in [-0.4, -0.2) is 38.0 Å². The van der Waals surface area contributed by atoms with Gasteiger partial charge in [0.1, 0.15) is 0 Å². The van der Waals surface area contributed by atoms with Crippen LogP contribution in [-0.2, 0) is 17.0 Å². The van der Waals surface area contributed by atoms with Gasteiger partial charge in [0.15, 0.2) is 23.1 Å². The summed E-state index contributed by atoms with van der Waals surface area (Å²) in [7, 11) is 0. The third-order valence-electron chi connectivity index (χ3n) is 4.57. The molecule has 0 unspecified atom stereocenters. The summed E-state index contributed by atoms with van der Waals surface area (Å²) in [4.78, 5) is 21.0. The van der Waals surface area contributed by atoms with Crippen molar-refractivity contribution in [1.82, 2.24) is 25.3 Å². The number of carbonyl (C=O) groups is 1. The van der Waals surface area contributed by atoms with Gasteiger partial charge < -0.3 is 19.3 Å². The second-order valence-electron chi connectivity index (χ2n) is 6.84. The first-order chi connectivity index (χ1) is 15.7. The number of carbonyl (C=O) groups excluding carboxylic acids is 1. The number of hydrogen-bond donors (Lipinski definition) is 2. The Hall–Kier alpha value is -3.86. The zero-order chi connectivity index (χ0) is 21.8. The molecular formula is C21H18N6O4S. The van der Waals surface area contributed by atoms with Crippen molar-refractivity contribution in [3.05, 3.63) is 60.2 Å². The smallest absolute Gasteiger partial charge is 0.231 e. The standard InChI is InChI=1S/C21H18N6O4S/c28-18(22-14-6-7-15-16(10-14)30-12-29-15)8-9-19-23-17(27-31-19)11-32-21-24-20(25-26-21)13-4-2-1-3-5-13/h1-7,10H,8-9,11-12H2,(H,22,28)(H,24,25,26). The van der Waals surface area contributed by atoms with E-state index in [9.17, 15) is 4.79 Å². The largest absolute Gasteiger partial charge is 0.454 e. The fraction of sp³-hybridized carbons (Fsp3) is 0.190. The lowest BCUT2D eigenvalue weighted by molar-refractivity contribution is -0.116. The van der Waals surface area contributed by atoms with Gasteiger partial charge in [-0.05, 0) is 12.1 Å². The van der Waals surface area contributed by atoms with E-state index in [1.54, 1.807) is 18.2 Å². The molecule has 0 saturated heterocycles. The molecule has 0 radical (unpaired) electrons. The first-order valence-corrected chi connectivity index (χ1v) is 10.8. The predicted molar refractivity (Wildman–Crippen MR) is 115 cm³/mol. The predicted octanol–water partition coefficient (Wildman–Crippen LogP) is 3.45. The van der Waals surface area contributed by atoms with Gasteiger partial charge in [-0.1, -0.05) is 47.3 Å². The topological polar surface area (TPSA) is 128 Å². The number of nitrogens with one attached hydrogen (secondary N) is 2. The molecule has 0 aliphatic carbocycles. The summed E-state index contributed by atoms with van der Waals surface area (Å²) in [6, 6.07) is 15.0. The average molecular weight is 450 g/mol. The van der Waals surface area contributed by atoms with Gasteiger partial charge in [0.2, 0.25) is 23.7 Å². The zero-order valence-corrected chi connectivity index (χ0v) is 17.6. The summed E-state index contributed by atoms with van der Waals surface area (Å²) < 4.78 is 15.8. The van der Waals surface area contributed by atoms with Gasteiger partial charge >= 0.3 is 0 Å². The molecule has 162 valence electrons. The highest BCUT2D eigenvalue weighted by atomic mass is 32.2. The Balaban J connectivity index is 1.10. The lowest BCUT2D eigenvalue weighted by Gasteiger charge is -2.05. The Labute approximate surface area is 186 Å². The van der Waals surface area contributed by atoms with Crippen molar-refractivity contribution in [2.24, 2.45) is 0 Å². The molecule has 1 aliphatic rings. The van der Waals surface area contributed by atoms with E-state index in [1.807, 2.05) is 30.3 Å². The van der Waals surface area contributed by atoms with E-state index in [-0.39, 0.29) is 19.1 Å². The van der Waals surface area contributed by atoms with Crippen LogP contribution in [0.3, 0.4) is 0 Å². The maximum Gasteiger partial charge on any atom is 0.231 e. The lowest BCUT2D eigenvalue weighted by Crippen LogP contribution is -2.12. The second kappa shape index (κ2) is 9.10. The number of nitrogens with zero attached hydrogens (tertiary/aromatic N) is 4. The van der Waals surface area contributed by atoms with Crippen molar-refractivity contribution in [3.63, 3.8) is 0 Å². The molecule has 0 atom stereocenters. The number of anilines is 1. The number of H-pyrrole nitrogens is 1. The molecular weight excluding hydrogens is 432 g/mol. The third kappa shape index (κ3) is 4.72. The Kier molecular flexibility index (Phi) is 5.71. The summed E-state index contributed by atoms with van der Waals surface area (Å²) >= 11 is 1.40. The maximum absolute atomic E-state index is 12.2. The lowest BCUT2D eigenvalue weighted by atomic mass is 10.2. The molecule has 0 spiro atoms. The zero-order valence-electron chi connectivity index (χ0n) is 16.8. The van der Waals surface area contributed by atoms with Crippen LogP contribution in [0.25, 0.3) is 11.4 Å². The van der Waals surface area contributed by atoms with Crippen molar-refractivity contribution in [1.29, 1.82) is 0 Å². The van der Waals surface area contributed by atoms with E-state index in [0.717, 1.165) is 5.56 Å². The van der Waals surface area contributed by atoms with Crippen LogP contribution in [0, 0.1) is 0 Å². The normalized spacial score (nSPS) is 12.1. The number of aromatic amines is 1. The Bertz CT molecular complexity index is 1230. The van der Waals surface area contributed by atoms with Crippen molar-refractivity contribution >= 4 is 23.4 Å². The monoisotopic (exact) mass is 450 g/mol. The minimum absolute atomic E-state index is 0.160. The summed E-state index contributed by atoms with van der Waals surface area (Å²) in [5, 5.41) is 14.5. The van der Waals surface area contributed by atoms with Crippen LogP contribution in [0.2, 0.25) is 0 Å². The van der Waals surface area contributed by atoms with Gasteiger partial charge in [-0.3, -0.25) is 9.89 Å². The van der Waals surface area contributed by atoms with Gasteiger partial charge in [0.25, 0.3) is 0 Å². The molecule has 11 heteroatoms. The van der Waals surface area contributed by atoms with Crippen LogP contribution in [0.1, 0.15) is 18.1 Å². The van der Waals surface area contributed by atoms with E-state index in [0.29, 0.717) is 52.1 Å². The number of rotatable bonds is 8. The summed E-state index contributed by atoms with van der Waals surface area (Å²) in [5.74, 6) is 3.21. The number of benzene rings is 2. The number of amides is 1. The minimum Gasteiger partial charge on any atom is -0.454 e. The van der Waals surface area contributed by atoms with E-state index in [1.165, 1.54) is 11.8 Å².